The molecule has 4 nitrogen and oxygen atoms in total. The van der Waals surface area contributed by atoms with Crippen LogP contribution in [0.15, 0.2) is 36.5 Å². The van der Waals surface area contributed by atoms with Crippen molar-refractivity contribution in [2.24, 2.45) is 5.73 Å². The van der Waals surface area contributed by atoms with Crippen LogP contribution in [-0.2, 0) is 12.8 Å². The first-order chi connectivity index (χ1) is 9.89. The highest BCUT2D eigenvalue weighted by Crippen LogP contribution is 2.19. The molecule has 1 aromatic heterocycles. The van der Waals surface area contributed by atoms with Gasteiger partial charge >= 0.3 is 0 Å². The van der Waals surface area contributed by atoms with Crippen LogP contribution in [0.5, 0.6) is 5.75 Å². The Morgan fingerprint density at radius 3 is 2.38 bits per heavy atom. The first-order valence-corrected chi connectivity index (χ1v) is 7.35. The Balaban J connectivity index is 2.02. The molecule has 0 aliphatic heterocycles. The summed E-state index contributed by atoms with van der Waals surface area (Å²) in [6, 6.07) is 10.5. The van der Waals surface area contributed by atoms with Gasteiger partial charge in [-0.25, -0.2) is 0 Å². The average Bonchev–Trinajstić information content (AvgIpc) is 2.87. The Labute approximate surface area is 126 Å². The van der Waals surface area contributed by atoms with Crippen LogP contribution in [-0.4, -0.2) is 22.4 Å². The zero-order chi connectivity index (χ0) is 15.5. The van der Waals surface area contributed by atoms with Gasteiger partial charge in [0.15, 0.2) is 0 Å². The van der Waals surface area contributed by atoms with Crippen LogP contribution < -0.4 is 10.5 Å². The third kappa shape index (κ3) is 4.33. The van der Waals surface area contributed by atoms with E-state index in [1.807, 2.05) is 23.0 Å². The maximum absolute atomic E-state index is 6.46. The number of nitrogens with two attached hydrogens (primary N) is 1. The molecule has 0 radical (unpaired) electrons. The molecule has 0 amide bonds. The van der Waals surface area contributed by atoms with Crippen molar-refractivity contribution in [2.75, 3.05) is 7.11 Å². The molecule has 0 saturated carbocycles. The van der Waals surface area contributed by atoms with Crippen LogP contribution in [0, 0.1) is 0 Å². The van der Waals surface area contributed by atoms with Crippen LogP contribution >= 0.6 is 0 Å². The van der Waals surface area contributed by atoms with Gasteiger partial charge in [-0.3, -0.25) is 4.68 Å². The summed E-state index contributed by atoms with van der Waals surface area (Å²) in [7, 11) is 1.67. The second-order valence-electron chi connectivity index (χ2n) is 6.24. The number of aromatic nitrogens is 2. The van der Waals surface area contributed by atoms with Gasteiger partial charge in [-0.05, 0) is 51.0 Å². The maximum atomic E-state index is 6.46. The summed E-state index contributed by atoms with van der Waals surface area (Å²) in [5.74, 6) is 0.869. The van der Waals surface area contributed by atoms with E-state index in [2.05, 4.69) is 44.1 Å². The van der Waals surface area contributed by atoms with Crippen LogP contribution in [0.25, 0.3) is 0 Å². The summed E-state index contributed by atoms with van der Waals surface area (Å²) < 4.78 is 7.15. The summed E-state index contributed by atoms with van der Waals surface area (Å²) in [6.45, 7) is 6.32. The second kappa shape index (κ2) is 6.31. The van der Waals surface area contributed by atoms with Gasteiger partial charge in [0.2, 0.25) is 0 Å². The van der Waals surface area contributed by atoms with Gasteiger partial charge < -0.3 is 10.5 Å². The number of nitrogens with zero attached hydrogens (tertiary/aromatic N) is 2. The first kappa shape index (κ1) is 15.6. The fourth-order valence-electron chi connectivity index (χ4n) is 2.45. The molecule has 0 spiro atoms. The summed E-state index contributed by atoms with van der Waals surface area (Å²) in [5, 5.41) is 4.58. The standard InChI is InChI=1S/C17H25N3O/c1-13(2)20-10-9-15(19-20)12-17(3,18)11-14-5-7-16(21-4)8-6-14/h5-10,13H,11-12,18H2,1-4H3. The number of ether oxygens (including phenoxy) is 1. The van der Waals surface area contributed by atoms with Gasteiger partial charge in [-0.15, -0.1) is 0 Å². The summed E-state index contributed by atoms with van der Waals surface area (Å²) in [5.41, 5.74) is 8.40. The number of hydrogen-bond acceptors (Lipinski definition) is 3. The molecule has 0 fully saturated rings. The minimum atomic E-state index is -0.315. The second-order valence-corrected chi connectivity index (χ2v) is 6.24. The molecule has 4 heteroatoms. The maximum Gasteiger partial charge on any atom is 0.118 e. The van der Waals surface area contributed by atoms with E-state index in [9.17, 15) is 0 Å². The molecule has 2 aromatic rings. The van der Waals surface area contributed by atoms with Crippen molar-refractivity contribution in [3.8, 4) is 5.75 Å². The lowest BCUT2D eigenvalue weighted by Gasteiger charge is -2.24. The van der Waals surface area contributed by atoms with Gasteiger partial charge in [-0.2, -0.15) is 5.10 Å². The number of benzene rings is 1. The van der Waals surface area contributed by atoms with Gasteiger partial charge in [-0.1, -0.05) is 12.1 Å². The molecular weight excluding hydrogens is 262 g/mol. The Morgan fingerprint density at radius 2 is 1.86 bits per heavy atom. The fraction of sp³-hybridized carbons (Fsp3) is 0.471. The average molecular weight is 287 g/mol. The van der Waals surface area contributed by atoms with E-state index in [1.165, 1.54) is 5.56 Å². The van der Waals surface area contributed by atoms with E-state index in [0.29, 0.717) is 6.04 Å². The predicted molar refractivity (Wildman–Crippen MR) is 85.6 cm³/mol. The lowest BCUT2D eigenvalue weighted by Crippen LogP contribution is -2.41. The Hall–Kier alpha value is -1.81. The number of rotatable bonds is 6. The third-order valence-corrected chi connectivity index (χ3v) is 3.54. The highest BCUT2D eigenvalue weighted by molar-refractivity contribution is 5.28. The molecular formula is C17H25N3O. The molecule has 1 atom stereocenters. The van der Waals surface area contributed by atoms with Crippen molar-refractivity contribution in [1.29, 1.82) is 0 Å². The molecule has 21 heavy (non-hydrogen) atoms. The molecule has 0 aliphatic carbocycles. The van der Waals surface area contributed by atoms with Gasteiger partial charge in [0.25, 0.3) is 0 Å². The van der Waals surface area contributed by atoms with E-state index in [1.54, 1.807) is 7.11 Å². The molecule has 1 aromatic carbocycles. The van der Waals surface area contributed by atoms with Crippen molar-refractivity contribution in [2.45, 2.75) is 45.2 Å². The molecule has 0 bridgehead atoms. The Kier molecular flexibility index (Phi) is 4.68. The van der Waals surface area contributed by atoms with Crippen molar-refractivity contribution in [3.63, 3.8) is 0 Å². The minimum Gasteiger partial charge on any atom is -0.497 e. The van der Waals surface area contributed by atoms with Crippen molar-refractivity contribution >= 4 is 0 Å². The molecule has 1 unspecified atom stereocenters. The summed E-state index contributed by atoms with van der Waals surface area (Å²) >= 11 is 0. The topological polar surface area (TPSA) is 53.1 Å². The zero-order valence-electron chi connectivity index (χ0n) is 13.3. The molecule has 0 aliphatic rings. The summed E-state index contributed by atoms with van der Waals surface area (Å²) in [4.78, 5) is 0. The molecule has 114 valence electrons. The minimum absolute atomic E-state index is 0.315. The van der Waals surface area contributed by atoms with Crippen molar-refractivity contribution in [1.82, 2.24) is 9.78 Å². The third-order valence-electron chi connectivity index (χ3n) is 3.54. The Bertz CT molecular complexity index is 570. The SMILES string of the molecule is COc1ccc(CC(C)(N)Cc2ccn(C(C)C)n2)cc1. The first-order valence-electron chi connectivity index (χ1n) is 7.35. The molecule has 1 heterocycles. The number of hydrogen-bond donors (Lipinski definition) is 1. The van der Waals surface area contributed by atoms with Crippen LogP contribution in [0.1, 0.15) is 38.1 Å². The van der Waals surface area contributed by atoms with E-state index in [-0.39, 0.29) is 5.54 Å². The molecule has 2 N–H and O–H groups in total. The Morgan fingerprint density at radius 1 is 1.19 bits per heavy atom. The van der Waals surface area contributed by atoms with Gasteiger partial charge in [0, 0.05) is 24.2 Å². The van der Waals surface area contributed by atoms with Gasteiger partial charge in [0.1, 0.15) is 5.75 Å². The van der Waals surface area contributed by atoms with Crippen LogP contribution in [0.4, 0.5) is 0 Å². The largest absolute Gasteiger partial charge is 0.497 e. The lowest BCUT2D eigenvalue weighted by atomic mass is 9.89. The molecule has 2 rings (SSSR count). The highest BCUT2D eigenvalue weighted by atomic mass is 16.5. The van der Waals surface area contributed by atoms with E-state index in [0.717, 1.165) is 24.3 Å². The fourth-order valence-corrected chi connectivity index (χ4v) is 2.45. The highest BCUT2D eigenvalue weighted by Gasteiger charge is 2.21. The normalized spacial score (nSPS) is 14.2. The van der Waals surface area contributed by atoms with E-state index in [4.69, 9.17) is 10.5 Å². The van der Waals surface area contributed by atoms with Crippen LogP contribution in [0.2, 0.25) is 0 Å². The predicted octanol–water partition coefficient (Wildman–Crippen LogP) is 2.98. The lowest BCUT2D eigenvalue weighted by molar-refractivity contribution is 0.414. The monoisotopic (exact) mass is 287 g/mol. The van der Waals surface area contributed by atoms with Crippen LogP contribution in [0.3, 0.4) is 0 Å². The van der Waals surface area contributed by atoms with E-state index < -0.39 is 0 Å². The number of methoxy groups -OCH3 is 1. The van der Waals surface area contributed by atoms with Gasteiger partial charge in [0.05, 0.1) is 12.8 Å². The smallest absolute Gasteiger partial charge is 0.118 e. The summed E-state index contributed by atoms with van der Waals surface area (Å²) in [6.07, 6.45) is 3.59. The van der Waals surface area contributed by atoms with Crippen molar-refractivity contribution in [3.05, 3.63) is 47.8 Å². The van der Waals surface area contributed by atoms with E-state index >= 15 is 0 Å². The molecule has 0 saturated heterocycles. The zero-order valence-corrected chi connectivity index (χ0v) is 13.3. The quantitative estimate of drug-likeness (QED) is 0.888. The van der Waals surface area contributed by atoms with Crippen molar-refractivity contribution < 1.29 is 4.74 Å².